The molecular weight excluding hydrogens is 370 g/mol. The van der Waals surface area contributed by atoms with Gasteiger partial charge in [-0.3, -0.25) is 0 Å². The number of benzene rings is 1. The Morgan fingerprint density at radius 3 is 2.47 bits per heavy atom. The molecule has 1 N–H and O–H groups in total. The third-order valence-electron chi connectivity index (χ3n) is 3.07. The van der Waals surface area contributed by atoms with Crippen LogP contribution in [0.1, 0.15) is 35.6 Å². The molecule has 1 unspecified atom stereocenters. The number of hydrogen-bond acceptors (Lipinski definition) is 2. The van der Waals surface area contributed by atoms with Crippen molar-refractivity contribution < 1.29 is 4.42 Å². The fraction of sp³-hybridized carbons (Fsp3) is 0.333. The van der Waals surface area contributed by atoms with Crippen LogP contribution in [0.25, 0.3) is 0 Å². The summed E-state index contributed by atoms with van der Waals surface area (Å²) in [4.78, 5) is 0. The summed E-state index contributed by atoms with van der Waals surface area (Å²) in [5.74, 6) is 1.91. The van der Waals surface area contributed by atoms with Crippen molar-refractivity contribution in [3.8, 4) is 0 Å². The van der Waals surface area contributed by atoms with Crippen LogP contribution in [0.5, 0.6) is 0 Å². The second-order valence-corrected chi connectivity index (χ2v) is 6.30. The van der Waals surface area contributed by atoms with Gasteiger partial charge in [0, 0.05) is 14.5 Å². The van der Waals surface area contributed by atoms with Gasteiger partial charge in [-0.1, -0.05) is 38.8 Å². The number of aryl methyl sites for hydroxylation is 2. The lowest BCUT2D eigenvalue weighted by atomic mass is 9.99. The highest BCUT2D eigenvalue weighted by Crippen LogP contribution is 2.33. The molecule has 0 radical (unpaired) electrons. The van der Waals surface area contributed by atoms with Gasteiger partial charge in [0.1, 0.15) is 11.5 Å². The molecule has 1 aromatic carbocycles. The first-order chi connectivity index (χ1) is 9.02. The molecule has 0 fully saturated rings. The summed E-state index contributed by atoms with van der Waals surface area (Å²) in [5.41, 5.74) is 2.40. The normalized spacial score (nSPS) is 12.7. The van der Waals surface area contributed by atoms with Gasteiger partial charge < -0.3 is 9.73 Å². The molecular formula is C15H17Br2NO. The van der Waals surface area contributed by atoms with Gasteiger partial charge in [-0.05, 0) is 50.2 Å². The van der Waals surface area contributed by atoms with E-state index in [0.717, 1.165) is 27.0 Å². The molecule has 2 nitrogen and oxygen atoms in total. The number of nitrogens with one attached hydrogen (secondary N) is 1. The van der Waals surface area contributed by atoms with E-state index >= 15 is 0 Å². The van der Waals surface area contributed by atoms with Gasteiger partial charge in [-0.15, -0.1) is 0 Å². The highest BCUT2D eigenvalue weighted by molar-refractivity contribution is 9.11. The minimum atomic E-state index is 0.134. The van der Waals surface area contributed by atoms with Crippen LogP contribution in [-0.2, 0) is 0 Å². The standard InChI is InChI=1S/C15H17Br2NO/c1-4-18-15(12-7-9(2)19-10(12)3)13-8-11(16)5-6-14(13)17/h5-8,15,18H,4H2,1-3H3. The number of furan rings is 1. The predicted octanol–water partition coefficient (Wildman–Crippen LogP) is 5.12. The Bertz CT molecular complexity index is 578. The van der Waals surface area contributed by atoms with E-state index in [2.05, 4.69) is 62.3 Å². The van der Waals surface area contributed by atoms with Gasteiger partial charge in [-0.25, -0.2) is 0 Å². The topological polar surface area (TPSA) is 25.2 Å². The minimum Gasteiger partial charge on any atom is -0.466 e. The van der Waals surface area contributed by atoms with Crippen molar-refractivity contribution >= 4 is 31.9 Å². The lowest BCUT2D eigenvalue weighted by Crippen LogP contribution is -2.22. The first kappa shape index (κ1) is 14.8. The van der Waals surface area contributed by atoms with Gasteiger partial charge >= 0.3 is 0 Å². The molecule has 1 atom stereocenters. The Morgan fingerprint density at radius 2 is 1.89 bits per heavy atom. The van der Waals surface area contributed by atoms with Gasteiger partial charge in [0.2, 0.25) is 0 Å². The molecule has 2 rings (SSSR count). The largest absolute Gasteiger partial charge is 0.466 e. The average molecular weight is 387 g/mol. The zero-order chi connectivity index (χ0) is 14.0. The number of halogens is 2. The number of rotatable bonds is 4. The van der Waals surface area contributed by atoms with E-state index < -0.39 is 0 Å². The van der Waals surface area contributed by atoms with Crippen LogP contribution in [0, 0.1) is 13.8 Å². The maximum Gasteiger partial charge on any atom is 0.106 e. The van der Waals surface area contributed by atoms with Crippen molar-refractivity contribution in [1.82, 2.24) is 5.32 Å². The zero-order valence-corrected chi connectivity index (χ0v) is 14.4. The van der Waals surface area contributed by atoms with Crippen LogP contribution in [0.2, 0.25) is 0 Å². The molecule has 0 amide bonds. The first-order valence-electron chi connectivity index (χ1n) is 6.28. The summed E-state index contributed by atoms with van der Waals surface area (Å²) >= 11 is 7.18. The summed E-state index contributed by atoms with van der Waals surface area (Å²) < 4.78 is 7.84. The van der Waals surface area contributed by atoms with E-state index in [9.17, 15) is 0 Å². The Kier molecular flexibility index (Phi) is 4.87. The molecule has 0 saturated heterocycles. The van der Waals surface area contributed by atoms with Gasteiger partial charge in [0.25, 0.3) is 0 Å². The quantitative estimate of drug-likeness (QED) is 0.788. The van der Waals surface area contributed by atoms with Crippen LogP contribution in [-0.4, -0.2) is 6.54 Å². The van der Waals surface area contributed by atoms with Crippen LogP contribution in [0.4, 0.5) is 0 Å². The van der Waals surface area contributed by atoms with Crippen molar-refractivity contribution in [1.29, 1.82) is 0 Å². The molecule has 19 heavy (non-hydrogen) atoms. The third-order valence-corrected chi connectivity index (χ3v) is 4.28. The zero-order valence-electron chi connectivity index (χ0n) is 11.3. The average Bonchev–Trinajstić information content (AvgIpc) is 2.69. The molecule has 0 aliphatic heterocycles. The maximum absolute atomic E-state index is 5.67. The van der Waals surface area contributed by atoms with Crippen molar-refractivity contribution in [2.24, 2.45) is 0 Å². The summed E-state index contributed by atoms with van der Waals surface area (Å²) in [7, 11) is 0. The Hall–Kier alpha value is -0.580. The minimum absolute atomic E-state index is 0.134. The molecule has 0 aliphatic rings. The van der Waals surface area contributed by atoms with Crippen molar-refractivity contribution in [2.45, 2.75) is 26.8 Å². The molecule has 1 aromatic heterocycles. The molecule has 0 spiro atoms. The molecule has 4 heteroatoms. The van der Waals surface area contributed by atoms with Crippen molar-refractivity contribution in [2.75, 3.05) is 6.54 Å². The van der Waals surface area contributed by atoms with Crippen LogP contribution in [0.3, 0.4) is 0 Å². The summed E-state index contributed by atoms with van der Waals surface area (Å²) in [5, 5.41) is 3.53. The van der Waals surface area contributed by atoms with Gasteiger partial charge in [-0.2, -0.15) is 0 Å². The summed E-state index contributed by atoms with van der Waals surface area (Å²) in [6.07, 6.45) is 0. The predicted molar refractivity (Wildman–Crippen MR) is 85.5 cm³/mol. The lowest BCUT2D eigenvalue weighted by molar-refractivity contribution is 0.495. The van der Waals surface area contributed by atoms with Crippen LogP contribution >= 0.6 is 31.9 Å². The molecule has 0 saturated carbocycles. The van der Waals surface area contributed by atoms with Crippen LogP contribution < -0.4 is 5.32 Å². The highest BCUT2D eigenvalue weighted by Gasteiger charge is 2.20. The second-order valence-electron chi connectivity index (χ2n) is 4.53. The fourth-order valence-corrected chi connectivity index (χ4v) is 3.12. The Labute approximate surface area is 130 Å². The molecule has 0 aliphatic carbocycles. The van der Waals surface area contributed by atoms with E-state index in [4.69, 9.17) is 4.42 Å². The van der Waals surface area contributed by atoms with Crippen molar-refractivity contribution in [3.63, 3.8) is 0 Å². The van der Waals surface area contributed by atoms with E-state index in [1.54, 1.807) is 0 Å². The molecule has 102 valence electrons. The molecule has 0 bridgehead atoms. The Balaban J connectivity index is 2.51. The second kappa shape index (κ2) is 6.25. The lowest BCUT2D eigenvalue weighted by Gasteiger charge is -2.19. The van der Waals surface area contributed by atoms with E-state index in [-0.39, 0.29) is 6.04 Å². The smallest absolute Gasteiger partial charge is 0.106 e. The van der Waals surface area contributed by atoms with Gasteiger partial charge in [0.15, 0.2) is 0 Å². The highest BCUT2D eigenvalue weighted by atomic mass is 79.9. The van der Waals surface area contributed by atoms with Gasteiger partial charge in [0.05, 0.1) is 6.04 Å². The summed E-state index contributed by atoms with van der Waals surface area (Å²) in [6, 6.07) is 8.47. The summed E-state index contributed by atoms with van der Waals surface area (Å²) in [6.45, 7) is 7.00. The first-order valence-corrected chi connectivity index (χ1v) is 7.86. The van der Waals surface area contributed by atoms with E-state index in [1.165, 1.54) is 11.1 Å². The Morgan fingerprint density at radius 1 is 1.16 bits per heavy atom. The number of hydrogen-bond donors (Lipinski definition) is 1. The molecule has 1 heterocycles. The third kappa shape index (κ3) is 3.30. The van der Waals surface area contributed by atoms with E-state index in [0.29, 0.717) is 0 Å². The van der Waals surface area contributed by atoms with Crippen LogP contribution in [0.15, 0.2) is 37.6 Å². The van der Waals surface area contributed by atoms with Crippen molar-refractivity contribution in [3.05, 3.63) is 55.9 Å². The van der Waals surface area contributed by atoms with E-state index in [1.807, 2.05) is 19.9 Å². The maximum atomic E-state index is 5.67. The molecule has 2 aromatic rings. The SMILES string of the molecule is CCNC(c1cc(Br)ccc1Br)c1cc(C)oc1C. The monoisotopic (exact) mass is 385 g/mol. The fourth-order valence-electron chi connectivity index (χ4n) is 2.26.